The first-order chi connectivity index (χ1) is 13.1. The van der Waals surface area contributed by atoms with Gasteiger partial charge in [-0.25, -0.2) is 0 Å². The minimum absolute atomic E-state index is 0.00628. The van der Waals surface area contributed by atoms with Gasteiger partial charge in [0, 0.05) is 6.54 Å². The second-order valence-electron chi connectivity index (χ2n) is 7.41. The highest BCUT2D eigenvalue weighted by molar-refractivity contribution is 8.26. The van der Waals surface area contributed by atoms with E-state index < -0.39 is 0 Å². The Hall–Kier alpha value is -2.12. The highest BCUT2D eigenvalue weighted by Crippen LogP contribution is 2.45. The predicted molar refractivity (Wildman–Crippen MR) is 109 cm³/mol. The van der Waals surface area contributed by atoms with Crippen LogP contribution in [0.4, 0.5) is 5.69 Å². The topological polar surface area (TPSA) is 58.6 Å². The summed E-state index contributed by atoms with van der Waals surface area (Å²) in [7, 11) is 0. The van der Waals surface area contributed by atoms with Crippen molar-refractivity contribution in [1.82, 2.24) is 5.32 Å². The zero-order chi connectivity index (χ0) is 18.5. The van der Waals surface area contributed by atoms with Gasteiger partial charge in [0.1, 0.15) is 10.1 Å². The minimum atomic E-state index is -0.180. The van der Waals surface area contributed by atoms with Gasteiger partial charge < -0.3 is 15.0 Å². The largest absolute Gasteiger partial charge is 0.482 e. The number of thiocarbonyl (C=S) groups is 1. The number of carbonyl (C=O) groups excluding carboxylic acids is 2. The Bertz CT molecular complexity index is 924. The number of allylic oxidation sites excluding steroid dienone is 2. The van der Waals surface area contributed by atoms with Gasteiger partial charge in [-0.3, -0.25) is 9.59 Å². The molecule has 2 heterocycles. The molecule has 2 fully saturated rings. The van der Waals surface area contributed by atoms with Crippen molar-refractivity contribution in [3.63, 3.8) is 0 Å². The molecule has 2 amide bonds. The number of nitrogens with one attached hydrogen (secondary N) is 1. The van der Waals surface area contributed by atoms with Gasteiger partial charge in [0.15, 0.2) is 6.61 Å². The van der Waals surface area contributed by atoms with E-state index >= 15 is 0 Å². The van der Waals surface area contributed by atoms with E-state index in [9.17, 15) is 9.59 Å². The molecule has 3 atom stereocenters. The molecule has 1 aromatic carbocycles. The molecular weight excluding hydrogens is 380 g/mol. The van der Waals surface area contributed by atoms with E-state index in [1.165, 1.54) is 18.2 Å². The Kier molecular flexibility index (Phi) is 4.09. The lowest BCUT2D eigenvalue weighted by Gasteiger charge is -2.33. The summed E-state index contributed by atoms with van der Waals surface area (Å²) in [5, 5.41) is 2.62. The lowest BCUT2D eigenvalue weighted by molar-refractivity contribution is -0.121. The maximum Gasteiger partial charge on any atom is 0.265 e. The number of ether oxygens (including phenoxy) is 1. The number of anilines is 1. The third-order valence-corrected chi connectivity index (χ3v) is 6.86. The summed E-state index contributed by atoms with van der Waals surface area (Å²) < 4.78 is 6.09. The first kappa shape index (κ1) is 17.0. The number of hydrogen-bond donors (Lipinski definition) is 1. The van der Waals surface area contributed by atoms with E-state index in [4.69, 9.17) is 17.0 Å². The van der Waals surface area contributed by atoms with E-state index in [1.54, 1.807) is 6.08 Å². The SMILES string of the molecule is O=C1NC(=S)SC1=Cc1ccc2c(c1)N(CC1CC3C=CC1C3)C(=O)CO2. The maximum absolute atomic E-state index is 12.6. The summed E-state index contributed by atoms with van der Waals surface area (Å²) in [6.07, 6.45) is 8.80. The summed E-state index contributed by atoms with van der Waals surface area (Å²) >= 11 is 6.29. The van der Waals surface area contributed by atoms with E-state index in [0.29, 0.717) is 27.0 Å². The number of rotatable bonds is 3. The average Bonchev–Trinajstić information content (AvgIpc) is 3.34. The Morgan fingerprint density at radius 2 is 2.19 bits per heavy atom. The van der Waals surface area contributed by atoms with Crippen molar-refractivity contribution >= 4 is 51.9 Å². The fourth-order valence-corrected chi connectivity index (χ4v) is 5.46. The number of hydrogen-bond acceptors (Lipinski definition) is 5. The van der Waals surface area contributed by atoms with Crippen LogP contribution in [0.15, 0.2) is 35.3 Å². The van der Waals surface area contributed by atoms with Crippen molar-refractivity contribution < 1.29 is 14.3 Å². The summed E-state index contributed by atoms with van der Waals surface area (Å²) in [6.45, 7) is 0.802. The van der Waals surface area contributed by atoms with Crippen LogP contribution >= 0.6 is 24.0 Å². The molecule has 2 aliphatic heterocycles. The van der Waals surface area contributed by atoms with Crippen LogP contribution in [0.1, 0.15) is 18.4 Å². The van der Waals surface area contributed by atoms with E-state index in [1.807, 2.05) is 23.1 Å². The van der Waals surface area contributed by atoms with Gasteiger partial charge in [0.2, 0.25) is 0 Å². The molecule has 5 nitrogen and oxygen atoms in total. The van der Waals surface area contributed by atoms with E-state index in [-0.39, 0.29) is 18.4 Å². The monoisotopic (exact) mass is 398 g/mol. The zero-order valence-electron chi connectivity index (χ0n) is 14.5. The lowest BCUT2D eigenvalue weighted by Crippen LogP contribution is -2.42. The molecule has 3 unspecified atom stereocenters. The van der Waals surface area contributed by atoms with Crippen LogP contribution < -0.4 is 15.0 Å². The predicted octanol–water partition coefficient (Wildman–Crippen LogP) is 3.11. The van der Waals surface area contributed by atoms with Crippen molar-refractivity contribution in [2.45, 2.75) is 12.8 Å². The van der Waals surface area contributed by atoms with E-state index in [0.717, 1.165) is 30.0 Å². The lowest BCUT2D eigenvalue weighted by atomic mass is 9.92. The van der Waals surface area contributed by atoms with Crippen molar-refractivity contribution in [3.05, 3.63) is 40.8 Å². The molecule has 0 aromatic heterocycles. The number of benzene rings is 1. The van der Waals surface area contributed by atoms with Gasteiger partial charge in [-0.1, -0.05) is 42.2 Å². The molecule has 7 heteroatoms. The molecule has 2 bridgehead atoms. The molecule has 1 saturated heterocycles. The smallest absolute Gasteiger partial charge is 0.265 e. The third-order valence-electron chi connectivity index (χ3n) is 5.70. The molecule has 0 spiro atoms. The summed E-state index contributed by atoms with van der Waals surface area (Å²) in [5.74, 6) is 2.29. The number of carbonyl (C=O) groups is 2. The Balaban J connectivity index is 1.44. The summed E-state index contributed by atoms with van der Waals surface area (Å²) in [6, 6.07) is 5.70. The van der Waals surface area contributed by atoms with Crippen LogP contribution in [0.25, 0.3) is 6.08 Å². The first-order valence-corrected chi connectivity index (χ1v) is 10.3. The molecule has 0 radical (unpaired) electrons. The average molecular weight is 399 g/mol. The molecule has 5 rings (SSSR count). The molecule has 2 aliphatic carbocycles. The standard InChI is InChI=1S/C20H18N2O3S2/c23-18-10-25-16-4-2-12(8-17-19(24)21-20(26)27-17)7-15(16)22(18)9-14-6-11-1-3-13(14)5-11/h1-4,7-8,11,13-14H,5-6,9-10H2,(H,21,24,26). The first-order valence-electron chi connectivity index (χ1n) is 9.07. The van der Waals surface area contributed by atoms with Crippen molar-refractivity contribution in [2.75, 3.05) is 18.1 Å². The fourth-order valence-electron chi connectivity index (χ4n) is 4.42. The van der Waals surface area contributed by atoms with E-state index in [2.05, 4.69) is 17.5 Å². The van der Waals surface area contributed by atoms with Gasteiger partial charge in [0.05, 0.1) is 10.6 Å². The van der Waals surface area contributed by atoms with Gasteiger partial charge in [-0.05, 0) is 54.4 Å². The molecular formula is C20H18N2O3S2. The normalized spacial score (nSPS) is 30.1. The van der Waals surface area contributed by atoms with Gasteiger partial charge in [-0.2, -0.15) is 0 Å². The van der Waals surface area contributed by atoms with Crippen LogP contribution in [0.5, 0.6) is 5.75 Å². The highest BCUT2D eigenvalue weighted by Gasteiger charge is 2.38. The fraction of sp³-hybridized carbons (Fsp3) is 0.350. The molecule has 4 aliphatic rings. The van der Waals surface area contributed by atoms with Crippen LogP contribution in [0.3, 0.4) is 0 Å². The quantitative estimate of drug-likeness (QED) is 0.482. The molecule has 1 N–H and O–H groups in total. The molecule has 27 heavy (non-hydrogen) atoms. The summed E-state index contributed by atoms with van der Waals surface area (Å²) in [4.78, 5) is 26.9. The van der Waals surface area contributed by atoms with Crippen molar-refractivity contribution in [1.29, 1.82) is 0 Å². The van der Waals surface area contributed by atoms with Gasteiger partial charge in [-0.15, -0.1) is 0 Å². The third kappa shape index (κ3) is 3.08. The maximum atomic E-state index is 12.6. The highest BCUT2D eigenvalue weighted by atomic mass is 32.2. The Morgan fingerprint density at radius 3 is 2.89 bits per heavy atom. The van der Waals surface area contributed by atoms with Crippen molar-refractivity contribution in [2.24, 2.45) is 17.8 Å². The minimum Gasteiger partial charge on any atom is -0.482 e. The summed E-state index contributed by atoms with van der Waals surface area (Å²) in [5.41, 5.74) is 1.64. The van der Waals surface area contributed by atoms with Crippen LogP contribution in [0.2, 0.25) is 0 Å². The number of nitrogens with zero attached hydrogens (tertiary/aromatic N) is 1. The second kappa shape index (κ2) is 6.49. The van der Waals surface area contributed by atoms with Crippen LogP contribution in [-0.4, -0.2) is 29.3 Å². The number of thioether (sulfide) groups is 1. The second-order valence-corrected chi connectivity index (χ2v) is 9.13. The molecule has 1 saturated carbocycles. The van der Waals surface area contributed by atoms with Crippen LogP contribution in [0, 0.1) is 17.8 Å². The Morgan fingerprint density at radius 1 is 1.30 bits per heavy atom. The molecule has 1 aromatic rings. The molecule has 138 valence electrons. The van der Waals surface area contributed by atoms with Gasteiger partial charge >= 0.3 is 0 Å². The zero-order valence-corrected chi connectivity index (χ0v) is 16.1. The number of fused-ring (bicyclic) bond motifs is 3. The van der Waals surface area contributed by atoms with Gasteiger partial charge in [0.25, 0.3) is 11.8 Å². The van der Waals surface area contributed by atoms with Crippen LogP contribution in [-0.2, 0) is 9.59 Å². The van der Waals surface area contributed by atoms with Crippen molar-refractivity contribution in [3.8, 4) is 5.75 Å². The number of amides is 2. The Labute approximate surface area is 166 Å².